The fourth-order valence-electron chi connectivity index (χ4n) is 2.68. The zero-order valence-corrected chi connectivity index (χ0v) is 15.5. The van der Waals surface area contributed by atoms with E-state index in [4.69, 9.17) is 5.73 Å². The van der Waals surface area contributed by atoms with Gasteiger partial charge in [-0.2, -0.15) is 0 Å². The average molecular weight is 421 g/mol. The number of hydrogen-bond acceptors (Lipinski definition) is 7. The molecule has 0 saturated heterocycles. The molecule has 3 rings (SSSR count). The first kappa shape index (κ1) is 18.6. The molecule has 5 N–H and O–H groups in total. The third-order valence-corrected chi connectivity index (χ3v) is 4.55. The second kappa shape index (κ2) is 8.00. The summed E-state index contributed by atoms with van der Waals surface area (Å²) in [6.07, 6.45) is 1.77. The van der Waals surface area contributed by atoms with Crippen LogP contribution < -0.4 is 16.4 Å². The third-order valence-electron chi connectivity index (χ3n) is 3.94. The Hall–Kier alpha value is -2.20. The maximum Gasteiger partial charge on any atom is 0.156 e. The summed E-state index contributed by atoms with van der Waals surface area (Å²) in [6.45, 7) is 0.572. The molecular weight excluding hydrogens is 403 g/mol. The minimum atomic E-state index is -1.16. The van der Waals surface area contributed by atoms with Gasteiger partial charge in [0.05, 0.1) is 10.5 Å². The molecule has 3 aromatic rings. The number of benzene rings is 1. The summed E-state index contributed by atoms with van der Waals surface area (Å²) in [5.74, 6) is 0.172. The van der Waals surface area contributed by atoms with Gasteiger partial charge in [0.25, 0.3) is 0 Å². The molecule has 7 nitrogen and oxygen atoms in total. The smallest absolute Gasteiger partial charge is 0.156 e. The monoisotopic (exact) mass is 420 g/mol. The van der Waals surface area contributed by atoms with E-state index in [1.165, 1.54) is 12.4 Å². The van der Waals surface area contributed by atoms with Crippen molar-refractivity contribution in [2.24, 2.45) is 5.73 Å². The third kappa shape index (κ3) is 3.80. The SMILES string of the molecule is CNCC(Nc1ncnc2c(C(N)O)ccnc12)c1ccc(F)c(Br)c1. The van der Waals surface area contributed by atoms with E-state index >= 15 is 0 Å². The largest absolute Gasteiger partial charge is 0.374 e. The Labute approximate surface area is 158 Å². The molecule has 0 aliphatic carbocycles. The average Bonchev–Trinajstić information content (AvgIpc) is 2.63. The van der Waals surface area contributed by atoms with Crippen molar-refractivity contribution in [2.45, 2.75) is 12.3 Å². The summed E-state index contributed by atoms with van der Waals surface area (Å²) < 4.78 is 13.9. The summed E-state index contributed by atoms with van der Waals surface area (Å²) in [5.41, 5.74) is 7.91. The second-order valence-corrected chi connectivity index (χ2v) is 6.55. The fourth-order valence-corrected chi connectivity index (χ4v) is 3.07. The maximum absolute atomic E-state index is 13.6. The second-order valence-electron chi connectivity index (χ2n) is 5.69. The Morgan fingerprint density at radius 1 is 1.23 bits per heavy atom. The normalized spacial score (nSPS) is 13.6. The minimum absolute atomic E-state index is 0.191. The van der Waals surface area contributed by atoms with Crippen LogP contribution in [-0.2, 0) is 0 Å². The van der Waals surface area contributed by atoms with Crippen LogP contribution in [0.1, 0.15) is 23.4 Å². The lowest BCUT2D eigenvalue weighted by atomic mass is 10.1. The van der Waals surface area contributed by atoms with Crippen LogP contribution in [0, 0.1) is 5.82 Å². The molecule has 2 heterocycles. The first-order valence-electron chi connectivity index (χ1n) is 7.90. The molecule has 0 aliphatic rings. The zero-order chi connectivity index (χ0) is 18.7. The van der Waals surface area contributed by atoms with Crippen molar-refractivity contribution in [3.05, 3.63) is 58.2 Å². The number of anilines is 1. The van der Waals surface area contributed by atoms with Crippen molar-refractivity contribution < 1.29 is 9.50 Å². The number of halogens is 2. The van der Waals surface area contributed by atoms with Crippen LogP contribution in [0.25, 0.3) is 11.0 Å². The molecule has 0 spiro atoms. The minimum Gasteiger partial charge on any atom is -0.374 e. The lowest BCUT2D eigenvalue weighted by Gasteiger charge is -2.21. The number of aliphatic hydroxyl groups is 1. The van der Waals surface area contributed by atoms with Gasteiger partial charge in [0.1, 0.15) is 29.4 Å². The Balaban J connectivity index is 2.02. The molecule has 2 atom stereocenters. The van der Waals surface area contributed by atoms with Crippen LogP contribution in [0.4, 0.5) is 10.2 Å². The van der Waals surface area contributed by atoms with Gasteiger partial charge in [0.2, 0.25) is 0 Å². The van der Waals surface area contributed by atoms with E-state index in [1.807, 2.05) is 7.05 Å². The van der Waals surface area contributed by atoms with E-state index in [1.54, 1.807) is 24.4 Å². The van der Waals surface area contributed by atoms with Crippen molar-refractivity contribution >= 4 is 32.8 Å². The molecule has 0 fully saturated rings. The Morgan fingerprint density at radius 3 is 2.73 bits per heavy atom. The molecule has 0 aliphatic heterocycles. The van der Waals surface area contributed by atoms with Gasteiger partial charge in [0.15, 0.2) is 5.82 Å². The topological polar surface area (TPSA) is 109 Å². The first-order valence-corrected chi connectivity index (χ1v) is 8.70. The van der Waals surface area contributed by atoms with E-state index in [0.717, 1.165) is 5.56 Å². The molecule has 26 heavy (non-hydrogen) atoms. The van der Waals surface area contributed by atoms with Crippen molar-refractivity contribution in [3.63, 3.8) is 0 Å². The van der Waals surface area contributed by atoms with E-state index in [9.17, 15) is 9.50 Å². The summed E-state index contributed by atoms with van der Waals surface area (Å²) in [6, 6.07) is 6.26. The maximum atomic E-state index is 13.6. The van der Waals surface area contributed by atoms with E-state index in [2.05, 4.69) is 41.5 Å². The molecular formula is C17H18BrFN6O. The van der Waals surface area contributed by atoms with Gasteiger partial charge >= 0.3 is 0 Å². The van der Waals surface area contributed by atoms with Crippen molar-refractivity contribution in [3.8, 4) is 0 Å². The molecule has 0 amide bonds. The summed E-state index contributed by atoms with van der Waals surface area (Å²) >= 11 is 3.21. The van der Waals surface area contributed by atoms with Crippen LogP contribution in [0.2, 0.25) is 0 Å². The number of likely N-dealkylation sites (N-methyl/N-ethyl adjacent to an activating group) is 1. The highest BCUT2D eigenvalue weighted by atomic mass is 79.9. The van der Waals surface area contributed by atoms with Crippen molar-refractivity contribution in [1.82, 2.24) is 20.3 Å². The van der Waals surface area contributed by atoms with E-state index in [0.29, 0.717) is 33.4 Å². The Bertz CT molecular complexity index is 923. The number of rotatable bonds is 6. The van der Waals surface area contributed by atoms with Gasteiger partial charge in [-0.25, -0.2) is 14.4 Å². The molecule has 0 radical (unpaired) electrons. The van der Waals surface area contributed by atoms with Crippen LogP contribution in [0.5, 0.6) is 0 Å². The number of aromatic nitrogens is 3. The fraction of sp³-hybridized carbons (Fsp3) is 0.235. The van der Waals surface area contributed by atoms with Gasteiger partial charge in [-0.15, -0.1) is 0 Å². The number of hydrogen-bond donors (Lipinski definition) is 4. The van der Waals surface area contributed by atoms with E-state index in [-0.39, 0.29) is 11.9 Å². The molecule has 0 bridgehead atoms. The van der Waals surface area contributed by atoms with E-state index < -0.39 is 6.23 Å². The summed E-state index contributed by atoms with van der Waals surface area (Å²) in [7, 11) is 1.83. The Kier molecular flexibility index (Phi) is 5.72. The van der Waals surface area contributed by atoms with Crippen LogP contribution in [-0.4, -0.2) is 33.7 Å². The summed E-state index contributed by atoms with van der Waals surface area (Å²) in [4.78, 5) is 12.8. The number of nitrogens with two attached hydrogens (primary N) is 1. The van der Waals surface area contributed by atoms with Gasteiger partial charge < -0.3 is 21.5 Å². The van der Waals surface area contributed by atoms with Crippen molar-refractivity contribution in [1.29, 1.82) is 0 Å². The van der Waals surface area contributed by atoms with Gasteiger partial charge in [-0.05, 0) is 46.7 Å². The molecule has 2 aromatic heterocycles. The zero-order valence-electron chi connectivity index (χ0n) is 13.9. The molecule has 2 unspecified atom stereocenters. The lowest BCUT2D eigenvalue weighted by Crippen LogP contribution is -2.24. The molecule has 0 saturated carbocycles. The lowest BCUT2D eigenvalue weighted by molar-refractivity contribution is 0.187. The van der Waals surface area contributed by atoms with Crippen molar-refractivity contribution in [2.75, 3.05) is 18.9 Å². The highest BCUT2D eigenvalue weighted by molar-refractivity contribution is 9.10. The quantitative estimate of drug-likeness (QED) is 0.452. The van der Waals surface area contributed by atoms with Crippen LogP contribution >= 0.6 is 15.9 Å². The van der Waals surface area contributed by atoms with Gasteiger partial charge in [-0.3, -0.25) is 4.98 Å². The predicted octanol–water partition coefficient (Wildman–Crippen LogP) is 2.25. The predicted molar refractivity (Wildman–Crippen MR) is 101 cm³/mol. The number of aliphatic hydroxyl groups excluding tert-OH is 1. The Morgan fingerprint density at radius 2 is 2.04 bits per heavy atom. The first-order chi connectivity index (χ1) is 12.5. The molecule has 1 aromatic carbocycles. The molecule has 9 heteroatoms. The highest BCUT2D eigenvalue weighted by Crippen LogP contribution is 2.27. The van der Waals surface area contributed by atoms with Gasteiger partial charge in [0, 0.05) is 18.3 Å². The summed E-state index contributed by atoms with van der Waals surface area (Å²) in [5, 5.41) is 16.1. The van der Waals surface area contributed by atoms with Crippen LogP contribution in [0.3, 0.4) is 0 Å². The number of pyridine rings is 1. The van der Waals surface area contributed by atoms with Gasteiger partial charge in [-0.1, -0.05) is 6.07 Å². The number of nitrogens with zero attached hydrogens (tertiary/aromatic N) is 3. The standard InChI is InChI=1S/C17H18BrFN6O/c1-21-7-13(9-2-3-12(19)11(18)6-9)25-17-15-14(23-8-24-17)10(16(20)26)4-5-22-15/h2-6,8,13,16,21,26H,7,20H2,1H3,(H,23,24,25). The highest BCUT2D eigenvalue weighted by Gasteiger charge is 2.17. The number of nitrogens with one attached hydrogen (secondary N) is 2. The van der Waals surface area contributed by atoms with Crippen LogP contribution in [0.15, 0.2) is 41.3 Å². The molecule has 136 valence electrons. The number of fused-ring (bicyclic) bond motifs is 1.